The molecule has 0 saturated heterocycles. The number of allylic oxidation sites excluding steroid dienone is 1. The molecule has 4 rings (SSSR count). The van der Waals surface area contributed by atoms with E-state index < -0.39 is 5.60 Å². The average Bonchev–Trinajstić information content (AvgIpc) is 3.08. The van der Waals surface area contributed by atoms with Gasteiger partial charge in [-0.05, 0) is 112 Å². The number of hydrogen-bond donors (Lipinski definition) is 1. The van der Waals surface area contributed by atoms with E-state index in [1.165, 1.54) is 45.4 Å². The number of aliphatic hydroxyl groups is 1. The molecule has 0 amide bonds. The van der Waals surface area contributed by atoms with Crippen LogP contribution >= 0.6 is 0 Å². The fourth-order valence-corrected chi connectivity index (χ4v) is 8.88. The van der Waals surface area contributed by atoms with Crippen molar-refractivity contribution >= 4 is 5.97 Å². The lowest BCUT2D eigenvalue weighted by molar-refractivity contribution is -0.300. The Balaban J connectivity index is 1.43. The van der Waals surface area contributed by atoms with Crippen LogP contribution in [0, 0.1) is 40.4 Å². The maximum atomic E-state index is 11.2. The summed E-state index contributed by atoms with van der Waals surface area (Å²) in [6.45, 7) is 12.9. The Morgan fingerprint density at radius 3 is 2.64 bits per heavy atom. The Bertz CT molecular complexity index is 751. The standard InChI is InChI=1S/C29H48O4/c1-19(8-7-15-27(3,4)31)24-11-12-25-23-10-9-21-18-22(33-32-20(2)30)13-16-28(21,5)26(23)14-17-29(24,25)6/h9,19,22-26,31H,7-8,10-18H2,1-6H3/t19-,22+,23+,24-,25+,26+,28+,29-/m1/s1. The third-order valence-corrected chi connectivity index (χ3v) is 10.6. The van der Waals surface area contributed by atoms with E-state index in [-0.39, 0.29) is 17.5 Å². The minimum atomic E-state index is -0.538. The molecule has 188 valence electrons. The van der Waals surface area contributed by atoms with Crippen molar-refractivity contribution in [1.82, 2.24) is 0 Å². The van der Waals surface area contributed by atoms with Crippen LogP contribution in [0.3, 0.4) is 0 Å². The van der Waals surface area contributed by atoms with Crippen LogP contribution in [0.25, 0.3) is 0 Å². The van der Waals surface area contributed by atoms with E-state index in [2.05, 4.69) is 26.8 Å². The van der Waals surface area contributed by atoms with Crippen molar-refractivity contribution in [2.75, 3.05) is 0 Å². The third kappa shape index (κ3) is 4.94. The molecule has 0 bridgehead atoms. The van der Waals surface area contributed by atoms with Crippen molar-refractivity contribution in [3.05, 3.63) is 11.6 Å². The minimum absolute atomic E-state index is 0.0132. The predicted octanol–water partition coefficient (Wildman–Crippen LogP) is 7.01. The van der Waals surface area contributed by atoms with E-state index in [9.17, 15) is 9.90 Å². The summed E-state index contributed by atoms with van der Waals surface area (Å²) in [6.07, 6.45) is 15.6. The van der Waals surface area contributed by atoms with E-state index in [1.54, 1.807) is 5.57 Å². The highest BCUT2D eigenvalue weighted by molar-refractivity contribution is 5.65. The molecule has 33 heavy (non-hydrogen) atoms. The van der Waals surface area contributed by atoms with Gasteiger partial charge in [-0.3, -0.25) is 4.89 Å². The zero-order chi connectivity index (χ0) is 24.0. The molecule has 3 fully saturated rings. The molecule has 8 atom stereocenters. The van der Waals surface area contributed by atoms with Gasteiger partial charge in [-0.15, -0.1) is 0 Å². The highest BCUT2D eigenvalue weighted by Crippen LogP contribution is 2.67. The van der Waals surface area contributed by atoms with Gasteiger partial charge in [-0.1, -0.05) is 45.3 Å². The zero-order valence-corrected chi connectivity index (χ0v) is 22.0. The quantitative estimate of drug-likeness (QED) is 0.252. The van der Waals surface area contributed by atoms with Gasteiger partial charge in [0, 0.05) is 6.92 Å². The van der Waals surface area contributed by atoms with Crippen molar-refractivity contribution in [2.45, 2.75) is 124 Å². The van der Waals surface area contributed by atoms with Gasteiger partial charge in [0.2, 0.25) is 0 Å². The molecule has 4 aliphatic rings. The predicted molar refractivity (Wildman–Crippen MR) is 131 cm³/mol. The Morgan fingerprint density at radius 1 is 1.18 bits per heavy atom. The summed E-state index contributed by atoms with van der Waals surface area (Å²) in [5.74, 6) is 3.67. The van der Waals surface area contributed by atoms with Crippen LogP contribution < -0.4 is 0 Å². The van der Waals surface area contributed by atoms with E-state index >= 15 is 0 Å². The molecule has 0 heterocycles. The summed E-state index contributed by atoms with van der Waals surface area (Å²) in [5.41, 5.74) is 1.79. The first kappa shape index (κ1) is 25.2. The summed E-state index contributed by atoms with van der Waals surface area (Å²) in [7, 11) is 0. The van der Waals surface area contributed by atoms with Crippen LogP contribution in [0.4, 0.5) is 0 Å². The lowest BCUT2D eigenvalue weighted by atomic mass is 9.47. The monoisotopic (exact) mass is 460 g/mol. The third-order valence-electron chi connectivity index (χ3n) is 10.6. The number of hydrogen-bond acceptors (Lipinski definition) is 4. The van der Waals surface area contributed by atoms with Crippen LogP contribution in [0.1, 0.15) is 112 Å². The van der Waals surface area contributed by atoms with Crippen molar-refractivity contribution < 1.29 is 19.7 Å². The molecule has 0 radical (unpaired) electrons. The first-order valence-corrected chi connectivity index (χ1v) is 13.7. The first-order chi connectivity index (χ1) is 15.4. The largest absolute Gasteiger partial charge is 0.390 e. The zero-order valence-electron chi connectivity index (χ0n) is 22.0. The summed E-state index contributed by atoms with van der Waals surface area (Å²) in [4.78, 5) is 21.5. The minimum Gasteiger partial charge on any atom is -0.390 e. The Morgan fingerprint density at radius 2 is 1.94 bits per heavy atom. The van der Waals surface area contributed by atoms with Crippen molar-refractivity contribution in [3.63, 3.8) is 0 Å². The summed E-state index contributed by atoms with van der Waals surface area (Å²) < 4.78 is 0. The summed E-state index contributed by atoms with van der Waals surface area (Å²) >= 11 is 0. The van der Waals surface area contributed by atoms with E-state index in [4.69, 9.17) is 9.78 Å². The first-order valence-electron chi connectivity index (χ1n) is 13.7. The number of fused-ring (bicyclic) bond motifs is 5. The maximum absolute atomic E-state index is 11.2. The van der Waals surface area contributed by atoms with Gasteiger partial charge in [-0.25, -0.2) is 4.79 Å². The second kappa shape index (κ2) is 9.30. The van der Waals surface area contributed by atoms with Gasteiger partial charge in [0.25, 0.3) is 0 Å². The highest BCUT2D eigenvalue weighted by atomic mass is 17.2. The summed E-state index contributed by atoms with van der Waals surface area (Å²) in [5, 5.41) is 10.1. The molecule has 0 aliphatic heterocycles. The van der Waals surface area contributed by atoms with E-state index in [1.807, 2.05) is 13.8 Å². The molecule has 3 saturated carbocycles. The molecule has 0 unspecified atom stereocenters. The van der Waals surface area contributed by atoms with Gasteiger partial charge >= 0.3 is 5.97 Å². The normalized spacial score (nSPS) is 41.4. The van der Waals surface area contributed by atoms with Crippen molar-refractivity contribution in [2.24, 2.45) is 40.4 Å². The van der Waals surface area contributed by atoms with Crippen LogP contribution in [0.15, 0.2) is 11.6 Å². The fourth-order valence-electron chi connectivity index (χ4n) is 8.88. The lowest BCUT2D eigenvalue weighted by Crippen LogP contribution is -2.51. The highest BCUT2D eigenvalue weighted by Gasteiger charge is 2.59. The Labute approximate surface area is 201 Å². The maximum Gasteiger partial charge on any atom is 0.339 e. The van der Waals surface area contributed by atoms with Crippen LogP contribution in [0.2, 0.25) is 0 Å². The van der Waals surface area contributed by atoms with Crippen LogP contribution in [-0.2, 0) is 14.6 Å². The van der Waals surface area contributed by atoms with Crippen molar-refractivity contribution in [3.8, 4) is 0 Å². The molecular weight excluding hydrogens is 412 g/mol. The van der Waals surface area contributed by atoms with Gasteiger partial charge < -0.3 is 5.11 Å². The van der Waals surface area contributed by atoms with Gasteiger partial charge in [-0.2, -0.15) is 4.89 Å². The van der Waals surface area contributed by atoms with Gasteiger partial charge in [0.05, 0.1) is 5.60 Å². The van der Waals surface area contributed by atoms with E-state index in [0.717, 1.165) is 61.7 Å². The lowest BCUT2D eigenvalue weighted by Gasteiger charge is -2.58. The van der Waals surface area contributed by atoms with Gasteiger partial charge in [0.1, 0.15) is 6.10 Å². The second-order valence-electron chi connectivity index (χ2n) is 13.2. The van der Waals surface area contributed by atoms with E-state index in [0.29, 0.717) is 5.41 Å². The van der Waals surface area contributed by atoms with Crippen molar-refractivity contribution in [1.29, 1.82) is 0 Å². The number of rotatable bonds is 7. The van der Waals surface area contributed by atoms with Gasteiger partial charge in [0.15, 0.2) is 0 Å². The molecular formula is C29H48O4. The van der Waals surface area contributed by atoms with Crippen LogP contribution in [0.5, 0.6) is 0 Å². The number of carbonyl (C=O) groups excluding carboxylic acids is 1. The molecule has 1 N–H and O–H groups in total. The molecule has 0 spiro atoms. The smallest absolute Gasteiger partial charge is 0.339 e. The Kier molecular flexibility index (Phi) is 7.11. The SMILES string of the molecule is CC(=O)OO[C@H]1CC[C@@]2(C)C(=CC[C@H]3[C@@H]4CC[C@H]([C@H](C)CCCC(C)(C)O)[C@@]4(C)CC[C@@H]32)C1. The number of carbonyl (C=O) groups is 1. The molecule has 0 aromatic carbocycles. The topological polar surface area (TPSA) is 55.8 Å². The molecule has 4 nitrogen and oxygen atoms in total. The van der Waals surface area contributed by atoms with Crippen LogP contribution in [-0.4, -0.2) is 22.8 Å². The fraction of sp³-hybridized carbons (Fsp3) is 0.897. The second-order valence-corrected chi connectivity index (χ2v) is 13.2. The molecule has 4 aliphatic carbocycles. The molecule has 0 aromatic heterocycles. The molecule has 0 aromatic rings. The molecule has 4 heteroatoms. The summed E-state index contributed by atoms with van der Waals surface area (Å²) in [6, 6.07) is 0. The average molecular weight is 461 g/mol. The Hall–Kier alpha value is -0.870.